The van der Waals surface area contributed by atoms with Crippen molar-refractivity contribution < 1.29 is 18.7 Å². The number of ether oxygens (including phenoxy) is 1. The van der Waals surface area contributed by atoms with Gasteiger partial charge >= 0.3 is 11.6 Å². The third-order valence-electron chi connectivity index (χ3n) is 4.10. The minimum atomic E-state index is -0.592. The summed E-state index contributed by atoms with van der Waals surface area (Å²) < 4.78 is 10.5. The lowest BCUT2D eigenvalue weighted by molar-refractivity contribution is -0.137. The Hall–Kier alpha value is -2.96. The van der Waals surface area contributed by atoms with Crippen LogP contribution in [-0.2, 0) is 27.4 Å². The van der Waals surface area contributed by atoms with Crippen LogP contribution >= 0.6 is 0 Å². The van der Waals surface area contributed by atoms with Gasteiger partial charge in [0.25, 0.3) is 0 Å². The summed E-state index contributed by atoms with van der Waals surface area (Å²) in [4.78, 5) is 35.3. The van der Waals surface area contributed by atoms with E-state index in [1.54, 1.807) is 0 Å². The molecule has 0 spiro atoms. The summed E-state index contributed by atoms with van der Waals surface area (Å²) in [5.74, 6) is -0.735. The summed E-state index contributed by atoms with van der Waals surface area (Å²) in [6, 6.07) is 6.93. The average molecular weight is 342 g/mol. The van der Waals surface area contributed by atoms with Crippen molar-refractivity contribution in [1.82, 2.24) is 5.01 Å². The number of benzene rings is 1. The highest BCUT2D eigenvalue weighted by atomic mass is 16.5. The van der Waals surface area contributed by atoms with E-state index in [-0.39, 0.29) is 31.1 Å². The van der Waals surface area contributed by atoms with Gasteiger partial charge in [-0.05, 0) is 18.1 Å². The van der Waals surface area contributed by atoms with Gasteiger partial charge in [-0.15, -0.1) is 0 Å². The Labute approximate surface area is 143 Å². The van der Waals surface area contributed by atoms with Gasteiger partial charge in [0.05, 0.1) is 0 Å². The predicted molar refractivity (Wildman–Crippen MR) is 91.1 cm³/mol. The van der Waals surface area contributed by atoms with Crippen molar-refractivity contribution >= 4 is 28.6 Å². The molecule has 130 valence electrons. The zero-order valence-electron chi connectivity index (χ0n) is 14.1. The molecule has 0 bridgehead atoms. The van der Waals surface area contributed by atoms with Gasteiger partial charge in [0.15, 0.2) is 0 Å². The number of carbonyl (C=O) groups is 2. The number of fused-ring (bicyclic) bond motifs is 1. The third-order valence-corrected chi connectivity index (χ3v) is 4.10. The minimum Gasteiger partial charge on any atom is -0.456 e. The van der Waals surface area contributed by atoms with E-state index in [0.717, 1.165) is 22.4 Å². The van der Waals surface area contributed by atoms with Crippen LogP contribution in [0.3, 0.4) is 0 Å². The van der Waals surface area contributed by atoms with Crippen molar-refractivity contribution in [3.05, 3.63) is 45.8 Å². The summed E-state index contributed by atoms with van der Waals surface area (Å²) in [6.07, 6.45) is 1.30. The van der Waals surface area contributed by atoms with Crippen molar-refractivity contribution in [1.29, 1.82) is 0 Å². The highest BCUT2D eigenvalue weighted by molar-refractivity contribution is 6.37. The fourth-order valence-electron chi connectivity index (χ4n) is 2.66. The van der Waals surface area contributed by atoms with Crippen molar-refractivity contribution in [3.63, 3.8) is 0 Å². The number of esters is 1. The van der Waals surface area contributed by atoms with Crippen molar-refractivity contribution in [3.8, 4) is 0 Å². The molecule has 3 rings (SSSR count). The average Bonchev–Trinajstić information content (AvgIpc) is 2.60. The Morgan fingerprint density at radius 3 is 2.80 bits per heavy atom. The minimum absolute atomic E-state index is 0.0664. The molecule has 1 aliphatic rings. The second kappa shape index (κ2) is 6.88. The molecule has 0 saturated carbocycles. The van der Waals surface area contributed by atoms with E-state index in [9.17, 15) is 14.4 Å². The highest BCUT2D eigenvalue weighted by Crippen LogP contribution is 2.20. The van der Waals surface area contributed by atoms with Gasteiger partial charge in [0, 0.05) is 36.9 Å². The van der Waals surface area contributed by atoms with E-state index in [2.05, 4.69) is 5.10 Å². The van der Waals surface area contributed by atoms with Gasteiger partial charge in [0.2, 0.25) is 5.91 Å². The lowest BCUT2D eigenvalue weighted by Gasteiger charge is -2.18. The van der Waals surface area contributed by atoms with E-state index in [4.69, 9.17) is 9.15 Å². The molecule has 1 amide bonds. The van der Waals surface area contributed by atoms with Gasteiger partial charge < -0.3 is 9.15 Å². The normalized spacial score (nSPS) is 14.6. The maximum Gasteiger partial charge on any atom is 0.354 e. The molecule has 1 aliphatic heterocycles. The zero-order valence-corrected chi connectivity index (χ0v) is 14.1. The van der Waals surface area contributed by atoms with Gasteiger partial charge in [-0.25, -0.2) is 14.6 Å². The maximum absolute atomic E-state index is 12.2. The summed E-state index contributed by atoms with van der Waals surface area (Å²) >= 11 is 0. The van der Waals surface area contributed by atoms with E-state index in [1.807, 2.05) is 25.1 Å². The second-order valence-electron chi connectivity index (χ2n) is 5.81. The highest BCUT2D eigenvalue weighted by Gasteiger charge is 2.23. The Morgan fingerprint density at radius 2 is 2.08 bits per heavy atom. The Balaban J connectivity index is 1.81. The molecule has 1 aromatic heterocycles. The molecule has 0 saturated heterocycles. The molecule has 0 N–H and O–H groups in total. The van der Waals surface area contributed by atoms with Crippen molar-refractivity contribution in [2.45, 2.75) is 32.8 Å². The van der Waals surface area contributed by atoms with Crippen molar-refractivity contribution in [2.24, 2.45) is 5.10 Å². The topological polar surface area (TPSA) is 89.2 Å². The molecular weight excluding hydrogens is 324 g/mol. The zero-order chi connectivity index (χ0) is 18.0. The summed E-state index contributed by atoms with van der Waals surface area (Å²) in [7, 11) is 1.50. The molecule has 0 radical (unpaired) electrons. The molecule has 1 aromatic carbocycles. The van der Waals surface area contributed by atoms with E-state index in [0.29, 0.717) is 11.1 Å². The van der Waals surface area contributed by atoms with Gasteiger partial charge in [-0.3, -0.25) is 4.79 Å². The summed E-state index contributed by atoms with van der Waals surface area (Å²) in [6.45, 7) is 1.95. The van der Waals surface area contributed by atoms with Crippen LogP contribution in [0.15, 0.2) is 38.6 Å². The van der Waals surface area contributed by atoms with Gasteiger partial charge in [-0.1, -0.05) is 19.1 Å². The quantitative estimate of drug-likeness (QED) is 0.626. The number of hydrogen-bond acceptors (Lipinski definition) is 6. The lowest BCUT2D eigenvalue weighted by atomic mass is 10.1. The monoisotopic (exact) mass is 342 g/mol. The van der Waals surface area contributed by atoms with Crippen molar-refractivity contribution in [2.75, 3.05) is 7.05 Å². The first-order chi connectivity index (χ1) is 12.0. The van der Waals surface area contributed by atoms with Crippen LogP contribution < -0.4 is 5.63 Å². The second-order valence-corrected chi connectivity index (χ2v) is 5.81. The number of carbonyl (C=O) groups excluding carboxylic acids is 2. The fourth-order valence-corrected chi connectivity index (χ4v) is 2.66. The molecular formula is C18H18N2O5. The third kappa shape index (κ3) is 3.60. The summed E-state index contributed by atoms with van der Waals surface area (Å²) in [5.41, 5.74) is 1.80. The first-order valence-electron chi connectivity index (χ1n) is 8.04. The molecule has 0 aliphatic carbocycles. The lowest BCUT2D eigenvalue weighted by Crippen LogP contribution is -2.32. The number of hydrogen-bond donors (Lipinski definition) is 0. The van der Waals surface area contributed by atoms with Crippen LogP contribution in [0, 0.1) is 0 Å². The number of hydrazone groups is 1. The largest absolute Gasteiger partial charge is 0.456 e. The van der Waals surface area contributed by atoms with Gasteiger partial charge in [0.1, 0.15) is 17.9 Å². The molecule has 7 nitrogen and oxygen atoms in total. The molecule has 2 heterocycles. The van der Waals surface area contributed by atoms with E-state index in [1.165, 1.54) is 13.1 Å². The van der Waals surface area contributed by atoms with Crippen LogP contribution in [0.5, 0.6) is 0 Å². The predicted octanol–water partition coefficient (Wildman–Crippen LogP) is 2.01. The van der Waals surface area contributed by atoms with Crippen LogP contribution in [-0.4, -0.2) is 29.6 Å². The fraction of sp³-hybridized carbons (Fsp3) is 0.333. The molecule has 7 heteroatoms. The number of nitrogens with zero attached hydrogens (tertiary/aromatic N) is 2. The van der Waals surface area contributed by atoms with E-state index < -0.39 is 11.6 Å². The Bertz CT molecular complexity index is 929. The van der Waals surface area contributed by atoms with Crippen LogP contribution in [0.4, 0.5) is 0 Å². The van der Waals surface area contributed by atoms with Crippen LogP contribution in [0.1, 0.15) is 30.9 Å². The Kier molecular flexibility index (Phi) is 4.65. The Morgan fingerprint density at radius 1 is 1.28 bits per heavy atom. The first-order valence-corrected chi connectivity index (χ1v) is 8.04. The summed E-state index contributed by atoms with van der Waals surface area (Å²) in [5, 5.41) is 5.79. The number of aryl methyl sites for hydroxylation is 1. The standard InChI is InChI=1S/C18H18N2O5/c1-3-11-4-5-13-12(9-17(22)25-15(13)8-11)10-24-18(23)14-6-7-16(21)20(2)19-14/h4-5,8-9H,3,6-7,10H2,1-2H3. The molecule has 25 heavy (non-hydrogen) atoms. The van der Waals surface area contributed by atoms with Gasteiger partial charge in [-0.2, -0.15) is 5.10 Å². The molecule has 0 unspecified atom stereocenters. The van der Waals surface area contributed by atoms with E-state index >= 15 is 0 Å². The SMILES string of the molecule is CCc1ccc2c(COC(=O)C3=NN(C)C(=O)CC3)cc(=O)oc2c1. The molecule has 2 aromatic rings. The smallest absolute Gasteiger partial charge is 0.354 e. The number of amides is 1. The maximum atomic E-state index is 12.2. The van der Waals surface area contributed by atoms with Crippen LogP contribution in [0.25, 0.3) is 11.0 Å². The van der Waals surface area contributed by atoms with Crippen LogP contribution in [0.2, 0.25) is 0 Å². The molecule has 0 fully saturated rings. The number of rotatable bonds is 4. The molecule has 0 atom stereocenters. The first kappa shape index (κ1) is 16.9.